The van der Waals surface area contributed by atoms with Crippen molar-refractivity contribution in [3.8, 4) is 0 Å². The summed E-state index contributed by atoms with van der Waals surface area (Å²) in [5.41, 5.74) is 0.432. The van der Waals surface area contributed by atoms with Gasteiger partial charge in [0, 0.05) is 0 Å². The van der Waals surface area contributed by atoms with Crippen molar-refractivity contribution in [3.63, 3.8) is 0 Å². The van der Waals surface area contributed by atoms with Gasteiger partial charge in [-0.2, -0.15) is 0 Å². The molecule has 1 nitrogen and oxygen atoms in total. The Bertz CT molecular complexity index is 59.3. The van der Waals surface area contributed by atoms with E-state index in [0.29, 0.717) is 5.41 Å². The second kappa shape index (κ2) is 3.67. The van der Waals surface area contributed by atoms with E-state index in [2.05, 4.69) is 27.4 Å². The molecule has 0 spiro atoms. The molecule has 0 fully saturated rings. The highest BCUT2D eigenvalue weighted by Crippen LogP contribution is 2.17. The van der Waals surface area contributed by atoms with Crippen molar-refractivity contribution < 1.29 is 5.48 Å². The predicted octanol–water partition coefficient (Wildman–Crippen LogP) is 1.78. The molecule has 0 aliphatic heterocycles. The molecular formula is C7H16O. The van der Waals surface area contributed by atoms with Crippen molar-refractivity contribution in [3.05, 3.63) is 12.7 Å². The average Bonchev–Trinajstić information content (AvgIpc) is 1.30. The highest BCUT2D eigenvalue weighted by atomic mass is 16.0. The number of hydrogen-bond acceptors (Lipinski definition) is 0. The van der Waals surface area contributed by atoms with E-state index in [1.807, 2.05) is 6.08 Å². The van der Waals surface area contributed by atoms with Crippen LogP contribution in [0.3, 0.4) is 0 Å². The second-order valence-electron chi connectivity index (χ2n) is 3.05. The van der Waals surface area contributed by atoms with Gasteiger partial charge in [0.1, 0.15) is 0 Å². The van der Waals surface area contributed by atoms with Gasteiger partial charge in [-0.3, -0.25) is 0 Å². The van der Waals surface area contributed by atoms with Gasteiger partial charge >= 0.3 is 0 Å². The fourth-order valence-electron chi connectivity index (χ4n) is 0.433. The molecule has 8 heavy (non-hydrogen) atoms. The van der Waals surface area contributed by atoms with Crippen LogP contribution in [0.2, 0.25) is 0 Å². The summed E-state index contributed by atoms with van der Waals surface area (Å²) < 4.78 is 0. The Morgan fingerprint density at radius 3 is 1.75 bits per heavy atom. The Labute approximate surface area is 51.7 Å². The molecule has 0 radical (unpaired) electrons. The quantitative estimate of drug-likeness (QED) is 0.468. The van der Waals surface area contributed by atoms with Gasteiger partial charge in [0.25, 0.3) is 0 Å². The van der Waals surface area contributed by atoms with E-state index >= 15 is 0 Å². The highest BCUT2D eigenvalue weighted by molar-refractivity contribution is 4.75. The summed E-state index contributed by atoms with van der Waals surface area (Å²) >= 11 is 0. The molecule has 0 saturated carbocycles. The van der Waals surface area contributed by atoms with Crippen LogP contribution in [0.25, 0.3) is 0 Å². The van der Waals surface area contributed by atoms with Crippen LogP contribution in [0.1, 0.15) is 27.2 Å². The largest absolute Gasteiger partial charge is 0.412 e. The molecule has 0 aromatic carbocycles. The van der Waals surface area contributed by atoms with E-state index in [9.17, 15) is 0 Å². The molecule has 0 bridgehead atoms. The third-order valence-corrected chi connectivity index (χ3v) is 0.757. The van der Waals surface area contributed by atoms with Gasteiger partial charge in [-0.25, -0.2) is 0 Å². The topological polar surface area (TPSA) is 31.5 Å². The Morgan fingerprint density at radius 2 is 1.75 bits per heavy atom. The molecule has 50 valence electrons. The zero-order valence-electron chi connectivity index (χ0n) is 5.99. The first-order valence-electron chi connectivity index (χ1n) is 2.67. The van der Waals surface area contributed by atoms with Crippen LogP contribution in [0, 0.1) is 5.41 Å². The van der Waals surface area contributed by atoms with Crippen LogP contribution >= 0.6 is 0 Å². The minimum Gasteiger partial charge on any atom is -0.412 e. The van der Waals surface area contributed by atoms with Crippen molar-refractivity contribution in [2.75, 3.05) is 0 Å². The molecular weight excluding hydrogens is 100 g/mol. The fraction of sp³-hybridized carbons (Fsp3) is 0.714. The van der Waals surface area contributed by atoms with Crippen molar-refractivity contribution in [1.82, 2.24) is 0 Å². The lowest BCUT2D eigenvalue weighted by molar-refractivity contribution is 0.421. The van der Waals surface area contributed by atoms with Crippen LogP contribution in [0.15, 0.2) is 12.7 Å². The maximum Gasteiger partial charge on any atom is -0.0304 e. The molecule has 0 amide bonds. The van der Waals surface area contributed by atoms with Crippen LogP contribution in [-0.4, -0.2) is 5.48 Å². The summed E-state index contributed by atoms with van der Waals surface area (Å²) in [6.07, 6.45) is 3.06. The minimum absolute atomic E-state index is 0. The Kier molecular flexibility index (Phi) is 4.88. The van der Waals surface area contributed by atoms with E-state index in [1.165, 1.54) is 0 Å². The molecule has 2 N–H and O–H groups in total. The molecule has 1 heteroatoms. The van der Waals surface area contributed by atoms with E-state index < -0.39 is 0 Å². The lowest BCUT2D eigenvalue weighted by Gasteiger charge is -2.13. The van der Waals surface area contributed by atoms with Gasteiger partial charge in [0.15, 0.2) is 0 Å². The molecule has 0 rings (SSSR count). The van der Waals surface area contributed by atoms with E-state index in [4.69, 9.17) is 0 Å². The Hall–Kier alpha value is -0.300. The van der Waals surface area contributed by atoms with Crippen molar-refractivity contribution in [1.29, 1.82) is 0 Å². The van der Waals surface area contributed by atoms with Crippen LogP contribution in [0.4, 0.5) is 0 Å². The highest BCUT2D eigenvalue weighted by Gasteiger charge is 2.04. The molecule has 0 aliphatic carbocycles. The summed E-state index contributed by atoms with van der Waals surface area (Å²) in [4.78, 5) is 0. The van der Waals surface area contributed by atoms with Crippen LogP contribution in [0.5, 0.6) is 0 Å². The number of hydrogen-bond donors (Lipinski definition) is 0. The first-order chi connectivity index (χ1) is 3.06. The van der Waals surface area contributed by atoms with Crippen molar-refractivity contribution in [2.24, 2.45) is 5.41 Å². The molecule has 0 aromatic rings. The SMILES string of the molecule is C=CCC(C)(C)C.O. The Morgan fingerprint density at radius 1 is 1.38 bits per heavy atom. The van der Waals surface area contributed by atoms with Gasteiger partial charge in [0.05, 0.1) is 0 Å². The zero-order chi connectivity index (χ0) is 5.91. The number of allylic oxidation sites excluding steroid dienone is 1. The predicted molar refractivity (Wildman–Crippen MR) is 37.9 cm³/mol. The third-order valence-electron chi connectivity index (χ3n) is 0.757. The molecule has 0 heterocycles. The average molecular weight is 116 g/mol. The fourth-order valence-corrected chi connectivity index (χ4v) is 0.433. The molecule has 0 aliphatic rings. The third kappa shape index (κ3) is 9.20. The first-order valence-corrected chi connectivity index (χ1v) is 2.67. The van der Waals surface area contributed by atoms with Crippen molar-refractivity contribution >= 4 is 0 Å². The molecule has 0 aromatic heterocycles. The van der Waals surface area contributed by atoms with E-state index in [-0.39, 0.29) is 5.48 Å². The maximum absolute atomic E-state index is 3.65. The zero-order valence-corrected chi connectivity index (χ0v) is 5.99. The van der Waals surface area contributed by atoms with Crippen LogP contribution in [-0.2, 0) is 0 Å². The minimum atomic E-state index is 0. The van der Waals surface area contributed by atoms with Gasteiger partial charge in [-0.15, -0.1) is 6.58 Å². The Balaban J connectivity index is 0. The summed E-state index contributed by atoms with van der Waals surface area (Å²) in [6, 6.07) is 0. The summed E-state index contributed by atoms with van der Waals surface area (Å²) in [6.45, 7) is 10.3. The second-order valence-corrected chi connectivity index (χ2v) is 3.05. The first kappa shape index (κ1) is 10.6. The van der Waals surface area contributed by atoms with Gasteiger partial charge in [-0.1, -0.05) is 26.8 Å². The lowest BCUT2D eigenvalue weighted by atomic mass is 9.93. The summed E-state index contributed by atoms with van der Waals surface area (Å²) in [5.74, 6) is 0. The van der Waals surface area contributed by atoms with Gasteiger partial charge in [-0.05, 0) is 11.8 Å². The standard InChI is InChI=1S/C7H14.H2O/c1-5-6-7(2,3)4;/h5H,1,6H2,2-4H3;1H2. The monoisotopic (exact) mass is 116 g/mol. The van der Waals surface area contributed by atoms with Gasteiger partial charge in [0.2, 0.25) is 0 Å². The molecule has 0 atom stereocenters. The normalized spacial score (nSPS) is 9.88. The lowest BCUT2D eigenvalue weighted by Crippen LogP contribution is -2.01. The van der Waals surface area contributed by atoms with E-state index in [0.717, 1.165) is 6.42 Å². The molecule has 0 saturated heterocycles. The van der Waals surface area contributed by atoms with Crippen LogP contribution < -0.4 is 0 Å². The summed E-state index contributed by atoms with van der Waals surface area (Å²) in [5, 5.41) is 0. The maximum atomic E-state index is 3.65. The van der Waals surface area contributed by atoms with Crippen molar-refractivity contribution in [2.45, 2.75) is 27.2 Å². The summed E-state index contributed by atoms with van der Waals surface area (Å²) in [7, 11) is 0. The number of rotatable bonds is 1. The van der Waals surface area contributed by atoms with Gasteiger partial charge < -0.3 is 5.48 Å². The van der Waals surface area contributed by atoms with E-state index in [1.54, 1.807) is 0 Å². The smallest absolute Gasteiger partial charge is 0.0304 e. The molecule has 0 unspecified atom stereocenters.